The molecule has 2 rings (SSSR count). The predicted octanol–water partition coefficient (Wildman–Crippen LogP) is 1.07. The van der Waals surface area contributed by atoms with E-state index in [1.54, 1.807) is 12.4 Å². The van der Waals surface area contributed by atoms with Gasteiger partial charge < -0.3 is 5.73 Å². The molecule has 0 radical (unpaired) electrons. The SMILES string of the molecule is Cc1cnncc1-c1[nH]nc(N)c1C. The van der Waals surface area contributed by atoms with Gasteiger partial charge in [-0.1, -0.05) is 0 Å². The summed E-state index contributed by atoms with van der Waals surface area (Å²) in [5, 5.41) is 14.5. The monoisotopic (exact) mass is 189 g/mol. The fourth-order valence-electron chi connectivity index (χ4n) is 1.32. The van der Waals surface area contributed by atoms with E-state index in [9.17, 15) is 0 Å². The maximum atomic E-state index is 5.65. The van der Waals surface area contributed by atoms with E-state index in [4.69, 9.17) is 5.73 Å². The van der Waals surface area contributed by atoms with Crippen molar-refractivity contribution in [3.05, 3.63) is 23.5 Å². The van der Waals surface area contributed by atoms with Crippen molar-refractivity contribution in [2.24, 2.45) is 0 Å². The van der Waals surface area contributed by atoms with Gasteiger partial charge in [-0.25, -0.2) is 0 Å². The van der Waals surface area contributed by atoms with E-state index >= 15 is 0 Å². The molecule has 5 nitrogen and oxygen atoms in total. The normalized spacial score (nSPS) is 10.4. The Bertz CT molecular complexity index is 460. The summed E-state index contributed by atoms with van der Waals surface area (Å²) in [6.45, 7) is 3.90. The lowest BCUT2D eigenvalue weighted by Gasteiger charge is -2.01. The van der Waals surface area contributed by atoms with E-state index in [0.717, 1.165) is 22.4 Å². The minimum Gasteiger partial charge on any atom is -0.382 e. The molecule has 2 aromatic rings. The fraction of sp³-hybridized carbons (Fsp3) is 0.222. The van der Waals surface area contributed by atoms with Crippen LogP contribution >= 0.6 is 0 Å². The van der Waals surface area contributed by atoms with Gasteiger partial charge in [0, 0.05) is 11.1 Å². The van der Waals surface area contributed by atoms with Crippen molar-refractivity contribution in [1.82, 2.24) is 20.4 Å². The van der Waals surface area contributed by atoms with Gasteiger partial charge in [0.25, 0.3) is 0 Å². The van der Waals surface area contributed by atoms with Gasteiger partial charge in [-0.3, -0.25) is 5.10 Å². The van der Waals surface area contributed by atoms with E-state index in [-0.39, 0.29) is 0 Å². The quantitative estimate of drug-likeness (QED) is 0.703. The molecule has 72 valence electrons. The summed E-state index contributed by atoms with van der Waals surface area (Å²) in [4.78, 5) is 0. The first-order valence-electron chi connectivity index (χ1n) is 4.28. The molecule has 0 aliphatic heterocycles. The highest BCUT2D eigenvalue weighted by Crippen LogP contribution is 2.25. The number of aryl methyl sites for hydroxylation is 1. The molecule has 14 heavy (non-hydrogen) atoms. The molecule has 0 saturated carbocycles. The van der Waals surface area contributed by atoms with E-state index < -0.39 is 0 Å². The van der Waals surface area contributed by atoms with E-state index in [1.807, 2.05) is 13.8 Å². The predicted molar refractivity (Wildman–Crippen MR) is 53.5 cm³/mol. The summed E-state index contributed by atoms with van der Waals surface area (Å²) in [7, 11) is 0. The highest BCUT2D eigenvalue weighted by Gasteiger charge is 2.10. The second-order valence-corrected chi connectivity index (χ2v) is 3.19. The zero-order chi connectivity index (χ0) is 10.1. The number of H-pyrrole nitrogens is 1. The molecule has 0 aromatic carbocycles. The number of hydrogen-bond donors (Lipinski definition) is 2. The van der Waals surface area contributed by atoms with Gasteiger partial charge in [-0.05, 0) is 19.4 Å². The van der Waals surface area contributed by atoms with Crippen molar-refractivity contribution in [3.8, 4) is 11.3 Å². The Morgan fingerprint density at radius 1 is 1.21 bits per heavy atom. The van der Waals surface area contributed by atoms with Crippen molar-refractivity contribution >= 4 is 5.82 Å². The van der Waals surface area contributed by atoms with E-state index in [0.29, 0.717) is 5.82 Å². The summed E-state index contributed by atoms with van der Waals surface area (Å²) in [6.07, 6.45) is 3.42. The van der Waals surface area contributed by atoms with Crippen LogP contribution in [0, 0.1) is 13.8 Å². The van der Waals surface area contributed by atoms with Crippen molar-refractivity contribution < 1.29 is 0 Å². The Hall–Kier alpha value is -1.91. The summed E-state index contributed by atoms with van der Waals surface area (Å²) in [5.41, 5.74) is 9.54. The molecule has 0 amide bonds. The number of nitrogens with one attached hydrogen (secondary N) is 1. The summed E-state index contributed by atoms with van der Waals surface area (Å²) in [5.74, 6) is 0.524. The van der Waals surface area contributed by atoms with Crippen molar-refractivity contribution in [2.75, 3.05) is 5.73 Å². The van der Waals surface area contributed by atoms with Gasteiger partial charge in [0.05, 0.1) is 18.1 Å². The van der Waals surface area contributed by atoms with Crippen LogP contribution in [0.5, 0.6) is 0 Å². The maximum absolute atomic E-state index is 5.65. The first-order chi connectivity index (χ1) is 6.70. The van der Waals surface area contributed by atoms with Crippen LogP contribution in [0.3, 0.4) is 0 Å². The Labute approximate surface area is 81.4 Å². The molecule has 0 unspecified atom stereocenters. The highest BCUT2D eigenvalue weighted by molar-refractivity contribution is 5.68. The smallest absolute Gasteiger partial charge is 0.148 e. The van der Waals surface area contributed by atoms with Crippen LogP contribution in [0.25, 0.3) is 11.3 Å². The van der Waals surface area contributed by atoms with Crippen LogP contribution in [0.15, 0.2) is 12.4 Å². The molecule has 2 heterocycles. The highest BCUT2D eigenvalue weighted by atomic mass is 15.2. The van der Waals surface area contributed by atoms with Crippen LogP contribution in [-0.2, 0) is 0 Å². The second-order valence-electron chi connectivity index (χ2n) is 3.19. The molecule has 0 atom stereocenters. The minimum absolute atomic E-state index is 0.524. The van der Waals surface area contributed by atoms with Crippen LogP contribution in [0.4, 0.5) is 5.82 Å². The van der Waals surface area contributed by atoms with Gasteiger partial charge in [0.15, 0.2) is 0 Å². The summed E-state index contributed by atoms with van der Waals surface area (Å²) < 4.78 is 0. The van der Waals surface area contributed by atoms with Crippen LogP contribution in [0.2, 0.25) is 0 Å². The molecule has 0 aliphatic rings. The standard InChI is InChI=1S/C9H11N5/c1-5-3-11-12-4-7(5)8-6(2)9(10)14-13-8/h3-4H,1-2H3,(H3,10,13,14). The van der Waals surface area contributed by atoms with Crippen LogP contribution in [0.1, 0.15) is 11.1 Å². The van der Waals surface area contributed by atoms with Gasteiger partial charge in [0.2, 0.25) is 0 Å². The average molecular weight is 189 g/mol. The maximum Gasteiger partial charge on any atom is 0.148 e. The van der Waals surface area contributed by atoms with Crippen molar-refractivity contribution in [3.63, 3.8) is 0 Å². The van der Waals surface area contributed by atoms with E-state index in [2.05, 4.69) is 20.4 Å². The Morgan fingerprint density at radius 2 is 1.93 bits per heavy atom. The first kappa shape index (κ1) is 8.68. The first-order valence-corrected chi connectivity index (χ1v) is 4.28. The fourth-order valence-corrected chi connectivity index (χ4v) is 1.32. The topological polar surface area (TPSA) is 80.5 Å². The Morgan fingerprint density at radius 3 is 2.50 bits per heavy atom. The summed E-state index contributed by atoms with van der Waals surface area (Å²) in [6, 6.07) is 0. The molecular formula is C9H11N5. The number of rotatable bonds is 1. The molecule has 5 heteroatoms. The molecule has 0 saturated heterocycles. The number of aromatic amines is 1. The van der Waals surface area contributed by atoms with Crippen LogP contribution in [-0.4, -0.2) is 20.4 Å². The number of nitrogens with two attached hydrogens (primary N) is 1. The lowest BCUT2D eigenvalue weighted by Crippen LogP contribution is -1.90. The Balaban J connectivity index is 2.60. The molecule has 3 N–H and O–H groups in total. The number of nitrogen functional groups attached to an aromatic ring is 1. The molecule has 0 spiro atoms. The molecule has 0 fully saturated rings. The van der Waals surface area contributed by atoms with Crippen molar-refractivity contribution in [1.29, 1.82) is 0 Å². The van der Waals surface area contributed by atoms with Gasteiger partial charge in [0.1, 0.15) is 5.82 Å². The van der Waals surface area contributed by atoms with E-state index in [1.165, 1.54) is 0 Å². The third-order valence-electron chi connectivity index (χ3n) is 2.25. The van der Waals surface area contributed by atoms with Gasteiger partial charge >= 0.3 is 0 Å². The third-order valence-corrected chi connectivity index (χ3v) is 2.25. The molecule has 0 aliphatic carbocycles. The Kier molecular flexibility index (Phi) is 1.92. The van der Waals surface area contributed by atoms with Gasteiger partial charge in [-0.2, -0.15) is 15.3 Å². The number of hydrogen-bond acceptors (Lipinski definition) is 4. The average Bonchev–Trinajstić information content (AvgIpc) is 2.49. The second kappa shape index (κ2) is 3.10. The lowest BCUT2D eigenvalue weighted by atomic mass is 10.1. The van der Waals surface area contributed by atoms with Crippen molar-refractivity contribution in [2.45, 2.75) is 13.8 Å². The largest absolute Gasteiger partial charge is 0.382 e. The number of anilines is 1. The number of aromatic nitrogens is 4. The molecule has 0 bridgehead atoms. The number of nitrogens with zero attached hydrogens (tertiary/aromatic N) is 3. The minimum atomic E-state index is 0.524. The third kappa shape index (κ3) is 1.22. The van der Waals surface area contributed by atoms with Crippen LogP contribution < -0.4 is 5.73 Å². The lowest BCUT2D eigenvalue weighted by molar-refractivity contribution is 1.01. The zero-order valence-electron chi connectivity index (χ0n) is 8.07. The molecule has 2 aromatic heterocycles. The molecular weight excluding hydrogens is 178 g/mol. The van der Waals surface area contributed by atoms with Gasteiger partial charge in [-0.15, -0.1) is 0 Å². The summed E-state index contributed by atoms with van der Waals surface area (Å²) >= 11 is 0. The zero-order valence-corrected chi connectivity index (χ0v) is 8.07.